The lowest BCUT2D eigenvalue weighted by Crippen LogP contribution is -2.31. The Kier molecular flexibility index (Phi) is 7.93. The molecule has 3 N–H and O–H groups in total. The highest BCUT2D eigenvalue weighted by molar-refractivity contribution is 6.76. The zero-order valence-electron chi connectivity index (χ0n) is 9.41. The van der Waals surface area contributed by atoms with E-state index in [9.17, 15) is 0 Å². The van der Waals surface area contributed by atoms with E-state index >= 15 is 0 Å². The average Bonchev–Trinajstić information content (AvgIpc) is 2.02. The molecule has 1 rings (SSSR count). The maximum absolute atomic E-state index is 5.59. The van der Waals surface area contributed by atoms with E-state index < -0.39 is 8.07 Å². The first-order chi connectivity index (χ1) is 5.97. The SMILES string of the molecule is C[Si](C)(C)CNc1ccc(N)cc1.Cl.Cl. The van der Waals surface area contributed by atoms with Gasteiger partial charge in [-0.05, 0) is 24.3 Å². The van der Waals surface area contributed by atoms with Crippen LogP contribution in [0.1, 0.15) is 0 Å². The zero-order valence-corrected chi connectivity index (χ0v) is 12.0. The molecule has 0 saturated carbocycles. The van der Waals surface area contributed by atoms with Crippen LogP contribution in [0, 0.1) is 0 Å². The minimum absolute atomic E-state index is 0. The predicted octanol–water partition coefficient (Wildman–Crippen LogP) is 3.40. The Balaban J connectivity index is 0. The van der Waals surface area contributed by atoms with Crippen LogP contribution in [-0.2, 0) is 0 Å². The molecule has 1 aromatic rings. The number of nitrogens with two attached hydrogens (primary N) is 1. The van der Waals surface area contributed by atoms with E-state index in [4.69, 9.17) is 5.73 Å². The van der Waals surface area contributed by atoms with E-state index in [2.05, 4.69) is 25.0 Å². The third-order valence-corrected chi connectivity index (χ3v) is 2.97. The highest BCUT2D eigenvalue weighted by Gasteiger charge is 2.11. The molecule has 0 saturated heterocycles. The molecule has 0 fully saturated rings. The van der Waals surface area contributed by atoms with Crippen LogP contribution in [0.25, 0.3) is 0 Å². The van der Waals surface area contributed by atoms with Gasteiger partial charge >= 0.3 is 0 Å². The summed E-state index contributed by atoms with van der Waals surface area (Å²) in [6.45, 7) is 7.03. The molecule has 0 amide bonds. The Labute approximate surface area is 105 Å². The van der Waals surface area contributed by atoms with E-state index in [1.54, 1.807) is 0 Å². The Morgan fingerprint density at radius 3 is 1.93 bits per heavy atom. The first-order valence-corrected chi connectivity index (χ1v) is 8.27. The number of nitrogen functional groups attached to an aromatic ring is 1. The van der Waals surface area contributed by atoms with Crippen molar-refractivity contribution < 1.29 is 0 Å². The number of rotatable bonds is 3. The molecule has 15 heavy (non-hydrogen) atoms. The Morgan fingerprint density at radius 1 is 1.07 bits per heavy atom. The summed E-state index contributed by atoms with van der Waals surface area (Å²) in [5, 5.41) is 3.42. The molecule has 88 valence electrons. The summed E-state index contributed by atoms with van der Waals surface area (Å²) < 4.78 is 0. The van der Waals surface area contributed by atoms with Gasteiger partial charge in [0.25, 0.3) is 0 Å². The lowest BCUT2D eigenvalue weighted by atomic mass is 10.3. The molecule has 5 heteroatoms. The summed E-state index contributed by atoms with van der Waals surface area (Å²) in [5.74, 6) is 0. The fraction of sp³-hybridized carbons (Fsp3) is 0.400. The lowest BCUT2D eigenvalue weighted by Gasteiger charge is -2.17. The second kappa shape index (κ2) is 6.98. The lowest BCUT2D eigenvalue weighted by molar-refractivity contribution is 1.36. The van der Waals surface area contributed by atoms with Crippen LogP contribution >= 0.6 is 24.8 Å². The van der Waals surface area contributed by atoms with Crippen molar-refractivity contribution in [3.8, 4) is 0 Å². The standard InChI is InChI=1S/C10H18N2Si.2ClH/c1-13(2,3)8-12-10-6-4-9(11)5-7-10;;/h4-7,12H,8,11H2,1-3H3;2*1H. The first-order valence-electron chi connectivity index (χ1n) is 4.57. The zero-order chi connectivity index (χ0) is 9.90. The maximum Gasteiger partial charge on any atom is 0.0662 e. The Morgan fingerprint density at radius 2 is 1.53 bits per heavy atom. The molecular weight excluding hydrogens is 247 g/mol. The highest BCUT2D eigenvalue weighted by atomic mass is 35.5. The second-order valence-corrected chi connectivity index (χ2v) is 10.0. The molecule has 1 aromatic carbocycles. The van der Waals surface area contributed by atoms with Crippen LogP contribution in [0.2, 0.25) is 19.6 Å². The molecule has 0 aliphatic carbocycles. The summed E-state index contributed by atoms with van der Waals surface area (Å²) >= 11 is 0. The molecule has 0 atom stereocenters. The summed E-state index contributed by atoms with van der Waals surface area (Å²) in [5.41, 5.74) is 7.57. The van der Waals surface area contributed by atoms with Gasteiger partial charge in [-0.2, -0.15) is 0 Å². The Bertz CT molecular complexity index is 270. The molecule has 2 nitrogen and oxygen atoms in total. The number of anilines is 2. The van der Waals surface area contributed by atoms with Crippen LogP contribution in [0.3, 0.4) is 0 Å². The maximum atomic E-state index is 5.59. The number of hydrogen-bond acceptors (Lipinski definition) is 2. The fourth-order valence-corrected chi connectivity index (χ4v) is 1.70. The first kappa shape index (κ1) is 17.0. The summed E-state index contributed by atoms with van der Waals surface area (Å²) in [6, 6.07) is 7.89. The van der Waals surface area contributed by atoms with Gasteiger partial charge in [-0.1, -0.05) is 19.6 Å². The normalized spacial score (nSPS) is 9.80. The van der Waals surface area contributed by atoms with Gasteiger partial charge in [0.2, 0.25) is 0 Å². The van der Waals surface area contributed by atoms with E-state index in [1.807, 2.05) is 24.3 Å². The minimum atomic E-state index is -0.996. The minimum Gasteiger partial charge on any atom is -0.399 e. The van der Waals surface area contributed by atoms with Crippen molar-refractivity contribution in [1.82, 2.24) is 0 Å². The van der Waals surface area contributed by atoms with Crippen LogP contribution in [0.5, 0.6) is 0 Å². The molecule has 0 unspecified atom stereocenters. The van der Waals surface area contributed by atoms with E-state index in [0.717, 1.165) is 17.5 Å². The van der Waals surface area contributed by atoms with Gasteiger partial charge < -0.3 is 11.1 Å². The largest absolute Gasteiger partial charge is 0.399 e. The number of hydrogen-bond donors (Lipinski definition) is 2. The van der Waals surface area contributed by atoms with E-state index in [0.29, 0.717) is 0 Å². The number of benzene rings is 1. The van der Waals surface area contributed by atoms with Crippen molar-refractivity contribution in [3.63, 3.8) is 0 Å². The predicted molar refractivity (Wildman–Crippen MR) is 77.2 cm³/mol. The van der Waals surface area contributed by atoms with Gasteiger partial charge in [-0.25, -0.2) is 0 Å². The van der Waals surface area contributed by atoms with Crippen molar-refractivity contribution in [2.45, 2.75) is 19.6 Å². The van der Waals surface area contributed by atoms with Crippen LogP contribution < -0.4 is 11.1 Å². The van der Waals surface area contributed by atoms with Crippen molar-refractivity contribution in [3.05, 3.63) is 24.3 Å². The van der Waals surface area contributed by atoms with Gasteiger partial charge in [0.15, 0.2) is 0 Å². The van der Waals surface area contributed by atoms with Crippen molar-refractivity contribution in [2.75, 3.05) is 17.2 Å². The molecule has 0 aromatic heterocycles. The van der Waals surface area contributed by atoms with E-state index in [-0.39, 0.29) is 24.8 Å². The van der Waals surface area contributed by atoms with Gasteiger partial charge in [0.05, 0.1) is 8.07 Å². The Hall–Kier alpha value is -0.383. The van der Waals surface area contributed by atoms with Gasteiger partial charge in [0, 0.05) is 17.5 Å². The van der Waals surface area contributed by atoms with Gasteiger partial charge in [-0.15, -0.1) is 24.8 Å². The monoisotopic (exact) mass is 266 g/mol. The van der Waals surface area contributed by atoms with Crippen LogP contribution in [0.15, 0.2) is 24.3 Å². The van der Waals surface area contributed by atoms with Crippen molar-refractivity contribution >= 4 is 44.3 Å². The molecular formula is C10H20Cl2N2Si. The third-order valence-electron chi connectivity index (χ3n) is 1.73. The molecule has 0 aliphatic heterocycles. The molecule has 0 heterocycles. The number of halogens is 2. The quantitative estimate of drug-likeness (QED) is 0.650. The topological polar surface area (TPSA) is 38.0 Å². The molecule has 0 spiro atoms. The fourth-order valence-electron chi connectivity index (χ4n) is 0.968. The number of nitrogens with one attached hydrogen (secondary N) is 1. The molecule has 0 radical (unpaired) electrons. The van der Waals surface area contributed by atoms with Crippen molar-refractivity contribution in [2.24, 2.45) is 0 Å². The smallest absolute Gasteiger partial charge is 0.0662 e. The summed E-state index contributed by atoms with van der Waals surface area (Å²) in [6.07, 6.45) is 1.11. The third kappa shape index (κ3) is 7.53. The average molecular weight is 267 g/mol. The van der Waals surface area contributed by atoms with E-state index in [1.165, 1.54) is 0 Å². The van der Waals surface area contributed by atoms with Crippen LogP contribution in [-0.4, -0.2) is 14.2 Å². The van der Waals surface area contributed by atoms with Gasteiger partial charge in [0.1, 0.15) is 0 Å². The summed E-state index contributed by atoms with van der Waals surface area (Å²) in [7, 11) is -0.996. The summed E-state index contributed by atoms with van der Waals surface area (Å²) in [4.78, 5) is 0. The van der Waals surface area contributed by atoms with Crippen LogP contribution in [0.4, 0.5) is 11.4 Å². The molecule has 0 bridgehead atoms. The van der Waals surface area contributed by atoms with Gasteiger partial charge in [-0.3, -0.25) is 0 Å². The van der Waals surface area contributed by atoms with Crippen molar-refractivity contribution in [1.29, 1.82) is 0 Å². The second-order valence-electron chi connectivity index (χ2n) is 4.54. The molecule has 0 aliphatic rings. The highest BCUT2D eigenvalue weighted by Crippen LogP contribution is 2.11.